The van der Waals surface area contributed by atoms with E-state index in [1.54, 1.807) is 6.20 Å². The third-order valence-corrected chi connectivity index (χ3v) is 1.86. The Kier molecular flexibility index (Phi) is 10.5. The molecule has 0 bridgehead atoms. The molecule has 2 N–H and O–H groups in total. The van der Waals surface area contributed by atoms with Crippen molar-refractivity contribution < 1.29 is 39.7 Å². The summed E-state index contributed by atoms with van der Waals surface area (Å²) in [4.78, 5) is 2.75. The smallest absolute Gasteiger partial charge is 0.759 e. The first-order chi connectivity index (χ1) is 7.34. The molecular formula is C9H15CuNO5S. The van der Waals surface area contributed by atoms with Gasteiger partial charge in [0.05, 0.1) is 0 Å². The zero-order valence-electron chi connectivity index (χ0n) is 9.27. The van der Waals surface area contributed by atoms with Crippen LogP contribution >= 0.6 is 0 Å². The minimum absolute atomic E-state index is 0. The van der Waals surface area contributed by atoms with Gasteiger partial charge in [-0.3, -0.25) is 8.42 Å². The van der Waals surface area contributed by atoms with E-state index in [2.05, 4.69) is 11.9 Å². The SMILES string of the molecule is CCCCCc1cc[nH]c1O.O=S(=O)([O-])[O-].[Cu+2]. The molecule has 1 rings (SSSR count). The maximum absolute atomic E-state index is 9.19. The monoisotopic (exact) mass is 312 g/mol. The molecule has 0 saturated carbocycles. The summed E-state index contributed by atoms with van der Waals surface area (Å²) in [5.74, 6) is 0.334. The van der Waals surface area contributed by atoms with Crippen molar-refractivity contribution in [3.8, 4) is 5.88 Å². The van der Waals surface area contributed by atoms with Crippen LogP contribution in [-0.2, 0) is 33.9 Å². The number of aromatic amines is 1. The summed E-state index contributed by atoms with van der Waals surface area (Å²) >= 11 is 0. The van der Waals surface area contributed by atoms with E-state index < -0.39 is 10.4 Å². The summed E-state index contributed by atoms with van der Waals surface area (Å²) in [6.45, 7) is 2.18. The van der Waals surface area contributed by atoms with Crippen LogP contribution in [0.1, 0.15) is 31.7 Å². The minimum atomic E-state index is -5.17. The van der Waals surface area contributed by atoms with Crippen molar-refractivity contribution in [1.82, 2.24) is 4.98 Å². The molecule has 0 amide bonds. The molecule has 103 valence electrons. The second kappa shape index (κ2) is 9.49. The van der Waals surface area contributed by atoms with Crippen LogP contribution in [-0.4, -0.2) is 27.6 Å². The number of aryl methyl sites for hydroxylation is 1. The first-order valence-electron chi connectivity index (χ1n) is 4.86. The zero-order valence-corrected chi connectivity index (χ0v) is 11.0. The second-order valence-electron chi connectivity index (χ2n) is 3.22. The van der Waals surface area contributed by atoms with Gasteiger partial charge in [-0.2, -0.15) is 0 Å². The van der Waals surface area contributed by atoms with E-state index in [4.69, 9.17) is 17.5 Å². The van der Waals surface area contributed by atoms with Crippen LogP contribution in [0.2, 0.25) is 0 Å². The van der Waals surface area contributed by atoms with Gasteiger partial charge in [-0.05, 0) is 18.9 Å². The third-order valence-electron chi connectivity index (χ3n) is 1.86. The van der Waals surface area contributed by atoms with Gasteiger partial charge in [-0.1, -0.05) is 19.8 Å². The van der Waals surface area contributed by atoms with Gasteiger partial charge in [0, 0.05) is 22.2 Å². The largest absolute Gasteiger partial charge is 2.00 e. The van der Waals surface area contributed by atoms with Crippen molar-refractivity contribution in [1.29, 1.82) is 0 Å². The van der Waals surface area contributed by atoms with E-state index in [-0.39, 0.29) is 17.1 Å². The molecular weight excluding hydrogens is 298 g/mol. The Bertz CT molecular complexity index is 382. The van der Waals surface area contributed by atoms with E-state index in [9.17, 15) is 5.11 Å². The predicted molar refractivity (Wildman–Crippen MR) is 56.2 cm³/mol. The van der Waals surface area contributed by atoms with Gasteiger partial charge < -0.3 is 19.2 Å². The molecule has 0 aliphatic heterocycles. The molecule has 0 aliphatic carbocycles. The summed E-state index contributed by atoms with van der Waals surface area (Å²) in [6, 6.07) is 1.94. The van der Waals surface area contributed by atoms with Crippen molar-refractivity contribution >= 4 is 10.4 Å². The number of H-pyrrole nitrogens is 1. The number of unbranched alkanes of at least 4 members (excludes halogenated alkanes) is 2. The number of hydrogen-bond donors (Lipinski definition) is 2. The van der Waals surface area contributed by atoms with Crippen molar-refractivity contribution in [3.63, 3.8) is 0 Å². The third kappa shape index (κ3) is 13.4. The van der Waals surface area contributed by atoms with Crippen molar-refractivity contribution in [3.05, 3.63) is 17.8 Å². The van der Waals surface area contributed by atoms with Crippen molar-refractivity contribution in [2.45, 2.75) is 32.6 Å². The number of rotatable bonds is 4. The summed E-state index contributed by atoms with van der Waals surface area (Å²) in [7, 11) is -5.17. The molecule has 1 aromatic rings. The van der Waals surface area contributed by atoms with E-state index in [0.29, 0.717) is 5.88 Å². The minimum Gasteiger partial charge on any atom is -0.759 e. The molecule has 0 aromatic carbocycles. The fourth-order valence-corrected chi connectivity index (χ4v) is 1.16. The quantitative estimate of drug-likeness (QED) is 0.374. The number of aromatic hydroxyl groups is 1. The van der Waals surface area contributed by atoms with E-state index in [1.807, 2.05) is 6.07 Å². The molecule has 0 aliphatic rings. The molecule has 0 fully saturated rings. The molecule has 0 unspecified atom stereocenters. The molecule has 0 spiro atoms. The molecule has 8 heteroatoms. The second-order valence-corrected chi connectivity index (χ2v) is 4.03. The fraction of sp³-hybridized carbons (Fsp3) is 0.556. The Morgan fingerprint density at radius 1 is 1.35 bits per heavy atom. The number of hydrogen-bond acceptors (Lipinski definition) is 5. The molecule has 6 nitrogen and oxygen atoms in total. The van der Waals surface area contributed by atoms with E-state index >= 15 is 0 Å². The van der Waals surface area contributed by atoms with Gasteiger partial charge in [-0.25, -0.2) is 0 Å². The van der Waals surface area contributed by atoms with Gasteiger partial charge in [0.25, 0.3) is 0 Å². The normalized spacial score (nSPS) is 10.1. The van der Waals surface area contributed by atoms with Crippen LogP contribution in [0, 0.1) is 0 Å². The number of nitrogens with one attached hydrogen (secondary N) is 1. The Hall–Kier alpha value is -0.531. The van der Waals surface area contributed by atoms with Gasteiger partial charge in [0.2, 0.25) is 0 Å². The van der Waals surface area contributed by atoms with Crippen LogP contribution in [0.5, 0.6) is 5.88 Å². The summed E-state index contributed by atoms with van der Waals surface area (Å²) in [6.07, 6.45) is 6.40. The average molecular weight is 313 g/mol. The van der Waals surface area contributed by atoms with Gasteiger partial charge in [-0.15, -0.1) is 0 Å². The molecule has 17 heavy (non-hydrogen) atoms. The maximum Gasteiger partial charge on any atom is 2.00 e. The number of aromatic nitrogens is 1. The first-order valence-corrected chi connectivity index (χ1v) is 6.19. The Balaban J connectivity index is 0. The van der Waals surface area contributed by atoms with Crippen LogP contribution in [0.15, 0.2) is 12.3 Å². The maximum atomic E-state index is 9.19. The Morgan fingerprint density at radius 2 is 1.88 bits per heavy atom. The van der Waals surface area contributed by atoms with Crippen LogP contribution in [0.25, 0.3) is 0 Å². The van der Waals surface area contributed by atoms with Gasteiger partial charge >= 0.3 is 17.1 Å². The molecule has 0 atom stereocenters. The van der Waals surface area contributed by atoms with Crippen LogP contribution in [0.4, 0.5) is 0 Å². The summed E-state index contributed by atoms with van der Waals surface area (Å²) < 4.78 is 34.1. The van der Waals surface area contributed by atoms with E-state index in [0.717, 1.165) is 12.0 Å². The van der Waals surface area contributed by atoms with Crippen molar-refractivity contribution in [2.24, 2.45) is 0 Å². The van der Waals surface area contributed by atoms with Crippen LogP contribution < -0.4 is 0 Å². The fourth-order valence-electron chi connectivity index (χ4n) is 1.16. The van der Waals surface area contributed by atoms with Crippen molar-refractivity contribution in [2.75, 3.05) is 0 Å². The van der Waals surface area contributed by atoms with Crippen LogP contribution in [0.3, 0.4) is 0 Å². The molecule has 1 heterocycles. The average Bonchev–Trinajstić information content (AvgIpc) is 2.49. The Labute approximate surface area is 111 Å². The molecule has 0 saturated heterocycles. The molecule has 1 radical (unpaired) electrons. The zero-order chi connectivity index (χ0) is 12.6. The topological polar surface area (TPSA) is 116 Å². The van der Waals surface area contributed by atoms with Gasteiger partial charge in [0.1, 0.15) is 0 Å². The summed E-state index contributed by atoms with van der Waals surface area (Å²) in [5.41, 5.74) is 1.04. The van der Waals surface area contributed by atoms with Gasteiger partial charge in [0.15, 0.2) is 5.88 Å². The first kappa shape index (κ1) is 18.8. The predicted octanol–water partition coefficient (Wildman–Crippen LogP) is 1.11. The standard InChI is InChI=1S/C9H15NO.Cu.H2O4S/c1-2-3-4-5-8-6-7-10-9(8)11;;1-5(2,3)4/h6-7,10-11H,2-5H2,1H3;;(H2,1,2,3,4)/q;+2;/p-2. The van der Waals surface area contributed by atoms with E-state index in [1.165, 1.54) is 19.3 Å². The summed E-state index contributed by atoms with van der Waals surface area (Å²) in [5, 5.41) is 9.19. The molecule has 1 aromatic heterocycles. The Morgan fingerprint density at radius 3 is 2.24 bits per heavy atom.